The molecule has 4 heteroatoms. The highest BCUT2D eigenvalue weighted by molar-refractivity contribution is 5.74. The highest BCUT2D eigenvalue weighted by Crippen LogP contribution is 2.32. The van der Waals surface area contributed by atoms with Gasteiger partial charge in [0.1, 0.15) is 6.04 Å². The fraction of sp³-hybridized carbons (Fsp3) is 0.923. The molecule has 17 heavy (non-hydrogen) atoms. The van der Waals surface area contributed by atoms with Crippen LogP contribution < -0.4 is 0 Å². The molecule has 98 valence electrons. The zero-order valence-corrected chi connectivity index (χ0v) is 10.9. The van der Waals surface area contributed by atoms with Crippen molar-refractivity contribution >= 4 is 5.97 Å². The number of hydrogen-bond donors (Lipinski definition) is 1. The molecule has 0 aromatic heterocycles. The molecule has 2 heterocycles. The number of carbonyl (C=O) groups is 1. The maximum atomic E-state index is 11.4. The van der Waals surface area contributed by atoms with Crippen molar-refractivity contribution in [1.29, 1.82) is 0 Å². The first kappa shape index (κ1) is 12.8. The van der Waals surface area contributed by atoms with Gasteiger partial charge in [-0.25, -0.2) is 0 Å². The summed E-state index contributed by atoms with van der Waals surface area (Å²) in [6.07, 6.45) is 3.40. The molecule has 0 radical (unpaired) electrons. The lowest BCUT2D eigenvalue weighted by Crippen LogP contribution is -2.49. The van der Waals surface area contributed by atoms with Crippen LogP contribution in [0, 0.1) is 5.92 Å². The molecule has 1 N–H and O–H groups in total. The summed E-state index contributed by atoms with van der Waals surface area (Å²) >= 11 is 0. The monoisotopic (exact) mass is 241 g/mol. The summed E-state index contributed by atoms with van der Waals surface area (Å²) in [6.45, 7) is 7.13. The molecule has 0 aliphatic carbocycles. The van der Waals surface area contributed by atoms with E-state index >= 15 is 0 Å². The van der Waals surface area contributed by atoms with E-state index in [1.807, 2.05) is 6.92 Å². The van der Waals surface area contributed by atoms with Crippen molar-refractivity contribution in [2.24, 2.45) is 5.92 Å². The zero-order valence-electron chi connectivity index (χ0n) is 10.9. The number of aliphatic carboxylic acids is 1. The van der Waals surface area contributed by atoms with Crippen molar-refractivity contribution in [2.45, 2.75) is 64.3 Å². The zero-order chi connectivity index (χ0) is 12.6. The third-order valence-corrected chi connectivity index (χ3v) is 4.13. The van der Waals surface area contributed by atoms with Crippen LogP contribution in [0.2, 0.25) is 0 Å². The van der Waals surface area contributed by atoms with Crippen LogP contribution in [0.3, 0.4) is 0 Å². The maximum absolute atomic E-state index is 11.4. The van der Waals surface area contributed by atoms with Crippen LogP contribution in [-0.4, -0.2) is 46.8 Å². The smallest absolute Gasteiger partial charge is 0.321 e. The molecule has 4 nitrogen and oxygen atoms in total. The standard InChI is InChI=1S/C13H23NO3/c1-8-4-5-14(12(8)13(15)16)11-6-9(2)17-10(3)7-11/h8-12H,4-7H2,1-3H3,(H,15,16). The fourth-order valence-corrected chi connectivity index (χ4v) is 3.41. The molecule has 2 fully saturated rings. The molecular weight excluding hydrogens is 218 g/mol. The van der Waals surface area contributed by atoms with Crippen LogP contribution in [0.1, 0.15) is 40.0 Å². The predicted octanol–water partition coefficient (Wildman–Crippen LogP) is 1.74. The van der Waals surface area contributed by atoms with Crippen molar-refractivity contribution in [3.8, 4) is 0 Å². The van der Waals surface area contributed by atoms with Gasteiger partial charge in [0.25, 0.3) is 0 Å². The van der Waals surface area contributed by atoms with Gasteiger partial charge in [-0.3, -0.25) is 9.69 Å². The van der Waals surface area contributed by atoms with Gasteiger partial charge in [0, 0.05) is 6.04 Å². The van der Waals surface area contributed by atoms with Gasteiger partial charge in [-0.15, -0.1) is 0 Å². The molecule has 2 aliphatic rings. The second-order valence-electron chi connectivity index (χ2n) is 5.67. The van der Waals surface area contributed by atoms with Crippen LogP contribution in [0.25, 0.3) is 0 Å². The minimum Gasteiger partial charge on any atom is -0.480 e. The molecule has 0 aromatic rings. The summed E-state index contributed by atoms with van der Waals surface area (Å²) in [7, 11) is 0. The molecule has 4 unspecified atom stereocenters. The van der Waals surface area contributed by atoms with E-state index in [1.165, 1.54) is 0 Å². The number of likely N-dealkylation sites (tertiary alicyclic amines) is 1. The number of rotatable bonds is 2. The fourth-order valence-electron chi connectivity index (χ4n) is 3.41. The minimum absolute atomic E-state index is 0.245. The summed E-state index contributed by atoms with van der Waals surface area (Å²) in [5.74, 6) is -0.400. The number of hydrogen-bond acceptors (Lipinski definition) is 3. The molecular formula is C13H23NO3. The molecule has 2 aliphatic heterocycles. The predicted molar refractivity (Wildman–Crippen MR) is 64.9 cm³/mol. The van der Waals surface area contributed by atoms with Gasteiger partial charge in [0.2, 0.25) is 0 Å². The van der Waals surface area contributed by atoms with Crippen LogP contribution in [0.4, 0.5) is 0 Å². The van der Waals surface area contributed by atoms with Gasteiger partial charge in [-0.2, -0.15) is 0 Å². The van der Waals surface area contributed by atoms with Gasteiger partial charge in [0.15, 0.2) is 0 Å². The highest BCUT2D eigenvalue weighted by Gasteiger charge is 2.42. The second-order valence-corrected chi connectivity index (χ2v) is 5.67. The van der Waals surface area contributed by atoms with Crippen molar-refractivity contribution < 1.29 is 14.6 Å². The molecule has 0 aromatic carbocycles. The molecule has 0 amide bonds. The normalized spacial score (nSPS) is 43.8. The number of ether oxygens (including phenoxy) is 1. The van der Waals surface area contributed by atoms with E-state index in [4.69, 9.17) is 4.74 Å². The van der Waals surface area contributed by atoms with Gasteiger partial charge >= 0.3 is 5.97 Å². The summed E-state index contributed by atoms with van der Waals surface area (Å²) < 4.78 is 5.72. The third-order valence-electron chi connectivity index (χ3n) is 4.13. The number of carboxylic acid groups (broad SMARTS) is 1. The summed E-state index contributed by atoms with van der Waals surface area (Å²) in [5.41, 5.74) is 0. The van der Waals surface area contributed by atoms with Crippen LogP contribution >= 0.6 is 0 Å². The third kappa shape index (κ3) is 2.63. The van der Waals surface area contributed by atoms with E-state index in [1.54, 1.807) is 0 Å². The second kappa shape index (κ2) is 4.94. The van der Waals surface area contributed by atoms with Gasteiger partial charge in [-0.1, -0.05) is 6.92 Å². The Morgan fingerprint density at radius 2 is 1.82 bits per heavy atom. The number of carboxylic acids is 1. The quantitative estimate of drug-likeness (QED) is 0.800. The lowest BCUT2D eigenvalue weighted by Gasteiger charge is -2.39. The first-order chi connectivity index (χ1) is 7.99. The summed E-state index contributed by atoms with van der Waals surface area (Å²) in [5, 5.41) is 9.34. The highest BCUT2D eigenvalue weighted by atomic mass is 16.5. The Bertz CT molecular complexity index is 284. The topological polar surface area (TPSA) is 49.8 Å². The van der Waals surface area contributed by atoms with Crippen LogP contribution in [-0.2, 0) is 9.53 Å². The molecule has 0 spiro atoms. The van der Waals surface area contributed by atoms with E-state index < -0.39 is 5.97 Å². The Balaban J connectivity index is 2.08. The van der Waals surface area contributed by atoms with Crippen LogP contribution in [0.15, 0.2) is 0 Å². The van der Waals surface area contributed by atoms with Gasteiger partial charge in [0.05, 0.1) is 12.2 Å². The van der Waals surface area contributed by atoms with Crippen molar-refractivity contribution in [3.63, 3.8) is 0 Å². The molecule has 2 saturated heterocycles. The van der Waals surface area contributed by atoms with Crippen molar-refractivity contribution in [3.05, 3.63) is 0 Å². The number of nitrogens with zero attached hydrogens (tertiary/aromatic N) is 1. The Labute approximate surface area is 103 Å². The minimum atomic E-state index is -0.665. The summed E-state index contributed by atoms with van der Waals surface area (Å²) in [4.78, 5) is 13.6. The Morgan fingerprint density at radius 1 is 1.24 bits per heavy atom. The van der Waals surface area contributed by atoms with E-state index in [-0.39, 0.29) is 24.2 Å². The van der Waals surface area contributed by atoms with Gasteiger partial charge < -0.3 is 9.84 Å². The molecule has 0 bridgehead atoms. The lowest BCUT2D eigenvalue weighted by atomic mass is 9.96. The Hall–Kier alpha value is -0.610. The average molecular weight is 241 g/mol. The van der Waals surface area contributed by atoms with Gasteiger partial charge in [-0.05, 0) is 45.6 Å². The Morgan fingerprint density at radius 3 is 2.35 bits per heavy atom. The van der Waals surface area contributed by atoms with Crippen LogP contribution in [0.5, 0.6) is 0 Å². The van der Waals surface area contributed by atoms with Crippen molar-refractivity contribution in [1.82, 2.24) is 4.90 Å². The first-order valence-electron chi connectivity index (χ1n) is 6.63. The van der Waals surface area contributed by atoms with E-state index in [2.05, 4.69) is 18.7 Å². The molecule has 2 rings (SSSR count). The molecule has 4 atom stereocenters. The maximum Gasteiger partial charge on any atom is 0.321 e. The average Bonchev–Trinajstić information content (AvgIpc) is 2.58. The summed E-state index contributed by atoms with van der Waals surface area (Å²) in [6, 6.07) is 0.0808. The largest absolute Gasteiger partial charge is 0.480 e. The first-order valence-corrected chi connectivity index (χ1v) is 6.63. The van der Waals surface area contributed by atoms with E-state index in [0.717, 1.165) is 25.8 Å². The SMILES string of the molecule is CC1CC(N2CCC(C)C2C(=O)O)CC(C)O1. The van der Waals surface area contributed by atoms with E-state index in [0.29, 0.717) is 6.04 Å². The van der Waals surface area contributed by atoms with E-state index in [9.17, 15) is 9.90 Å². The molecule has 0 saturated carbocycles. The van der Waals surface area contributed by atoms with Crippen molar-refractivity contribution in [2.75, 3.05) is 6.54 Å². The lowest BCUT2D eigenvalue weighted by molar-refractivity contribution is -0.146. The Kier molecular flexibility index (Phi) is 3.73.